The molecule has 158 valence electrons. The number of rotatable bonds is 3. The van der Waals surface area contributed by atoms with Crippen molar-refractivity contribution >= 4 is 41.5 Å². The van der Waals surface area contributed by atoms with Gasteiger partial charge in [0.15, 0.2) is 0 Å². The van der Waals surface area contributed by atoms with Gasteiger partial charge < -0.3 is 15.0 Å². The van der Waals surface area contributed by atoms with Gasteiger partial charge in [0.2, 0.25) is 0 Å². The zero-order valence-electron chi connectivity index (χ0n) is 16.8. The number of azo groups is 1. The van der Waals surface area contributed by atoms with Crippen LogP contribution in [0.15, 0.2) is 21.3 Å². The summed E-state index contributed by atoms with van der Waals surface area (Å²) in [7, 11) is 0. The number of hydrogen-bond acceptors (Lipinski definition) is 4. The summed E-state index contributed by atoms with van der Waals surface area (Å²) in [5, 5.41) is 14.9. The summed E-state index contributed by atoms with van der Waals surface area (Å²) in [5.74, 6) is 0.475. The van der Waals surface area contributed by atoms with Crippen LogP contribution in [-0.2, 0) is 11.3 Å². The molecule has 2 aliphatic heterocycles. The van der Waals surface area contributed by atoms with E-state index in [0.29, 0.717) is 24.7 Å². The molecular formula is C22H30Cl2N4O. The molecule has 2 fully saturated rings. The van der Waals surface area contributed by atoms with Gasteiger partial charge in [-0.25, -0.2) is 0 Å². The Bertz CT molecular complexity index is 906. The highest BCUT2D eigenvalue weighted by Crippen LogP contribution is 2.38. The maximum Gasteiger partial charge on any atom is 0.0895 e. The molecule has 0 bridgehead atoms. The highest BCUT2D eigenvalue weighted by atomic mass is 35.5. The van der Waals surface area contributed by atoms with Gasteiger partial charge in [-0.1, -0.05) is 30.9 Å². The van der Waals surface area contributed by atoms with Gasteiger partial charge in [0.05, 0.1) is 41.3 Å². The second-order valence-corrected chi connectivity index (χ2v) is 8.93. The van der Waals surface area contributed by atoms with Crippen molar-refractivity contribution in [3.63, 3.8) is 0 Å². The van der Waals surface area contributed by atoms with Crippen LogP contribution in [0.3, 0.4) is 0 Å². The summed E-state index contributed by atoms with van der Waals surface area (Å²) in [4.78, 5) is 3.58. The van der Waals surface area contributed by atoms with Crippen LogP contribution in [0.2, 0.25) is 0 Å². The van der Waals surface area contributed by atoms with Gasteiger partial charge in [-0.05, 0) is 56.1 Å². The molecule has 0 unspecified atom stereocenters. The summed E-state index contributed by atoms with van der Waals surface area (Å²) >= 11 is 6.78. The number of allylic oxidation sites excluding steroid dienone is 1. The number of H-pyrrole nitrogens is 1. The molecule has 2 aliphatic carbocycles. The third kappa shape index (κ3) is 4.28. The third-order valence-corrected chi connectivity index (χ3v) is 7.10. The molecule has 2 N–H and O–H groups in total. The van der Waals surface area contributed by atoms with E-state index in [4.69, 9.17) is 16.3 Å². The summed E-state index contributed by atoms with van der Waals surface area (Å²) in [6.45, 7) is 1.37. The number of aromatic nitrogens is 1. The molecule has 4 aliphatic rings. The van der Waals surface area contributed by atoms with Crippen molar-refractivity contribution in [2.24, 2.45) is 16.1 Å². The number of ether oxygens (including phenoxy) is 1. The van der Waals surface area contributed by atoms with Gasteiger partial charge in [-0.2, -0.15) is 10.2 Å². The van der Waals surface area contributed by atoms with E-state index >= 15 is 0 Å². The molecule has 5 nitrogen and oxygen atoms in total. The standard InChI is InChI=1S/C22H29ClN4O.ClH/c23-18-10-11-24-21-17-12-25-26-13-19(17)27-22(21)20(18)14-6-8-16(9-7-14)28-15-4-2-1-3-5-15;/h10,13-16,24,27H,1-9,11-12H2;1H/t14-,16+;. The van der Waals surface area contributed by atoms with Crippen LogP contribution in [0.1, 0.15) is 63.4 Å². The summed E-state index contributed by atoms with van der Waals surface area (Å²) in [6, 6.07) is 0. The van der Waals surface area contributed by atoms with E-state index in [1.165, 1.54) is 43.2 Å². The summed E-state index contributed by atoms with van der Waals surface area (Å²) in [5.41, 5.74) is 3.63. The summed E-state index contributed by atoms with van der Waals surface area (Å²) < 4.78 is 6.45. The van der Waals surface area contributed by atoms with Gasteiger partial charge in [-0.15, -0.1) is 12.4 Å². The Morgan fingerprint density at radius 1 is 1.00 bits per heavy atom. The quantitative estimate of drug-likeness (QED) is 0.717. The predicted octanol–water partition coefficient (Wildman–Crippen LogP) is 4.75. The highest BCUT2D eigenvalue weighted by molar-refractivity contribution is 6.36. The Kier molecular flexibility index (Phi) is 6.67. The van der Waals surface area contributed by atoms with Crippen molar-refractivity contribution in [2.75, 3.05) is 11.9 Å². The minimum atomic E-state index is 0. The minimum absolute atomic E-state index is 0. The molecular weight excluding hydrogens is 407 g/mol. The molecule has 0 amide bonds. The Labute approximate surface area is 183 Å². The third-order valence-electron chi connectivity index (χ3n) is 6.74. The fourth-order valence-electron chi connectivity index (χ4n) is 5.27. The minimum Gasteiger partial charge on any atom is -0.379 e. The zero-order valence-corrected chi connectivity index (χ0v) is 18.3. The van der Waals surface area contributed by atoms with Gasteiger partial charge in [0.25, 0.3) is 0 Å². The second-order valence-electron chi connectivity index (χ2n) is 8.53. The topological polar surface area (TPSA) is 61.8 Å². The number of hydrogen-bond donors (Lipinski definition) is 2. The normalized spacial score (nSPS) is 26.9. The van der Waals surface area contributed by atoms with Crippen LogP contribution >= 0.6 is 24.0 Å². The van der Waals surface area contributed by atoms with Gasteiger partial charge >= 0.3 is 0 Å². The van der Waals surface area contributed by atoms with E-state index in [2.05, 4.69) is 26.6 Å². The summed E-state index contributed by atoms with van der Waals surface area (Å²) in [6.07, 6.45) is 15.9. The molecule has 0 radical (unpaired) electrons. The van der Waals surface area contributed by atoms with E-state index < -0.39 is 0 Å². The number of aromatic amines is 1. The van der Waals surface area contributed by atoms with Crippen molar-refractivity contribution in [1.82, 2.24) is 4.98 Å². The molecule has 1 aromatic heterocycles. The van der Waals surface area contributed by atoms with Crippen molar-refractivity contribution < 1.29 is 4.74 Å². The molecule has 1 aromatic rings. The predicted molar refractivity (Wildman–Crippen MR) is 120 cm³/mol. The van der Waals surface area contributed by atoms with Crippen LogP contribution in [0.5, 0.6) is 0 Å². The Morgan fingerprint density at radius 3 is 2.55 bits per heavy atom. The van der Waals surface area contributed by atoms with E-state index in [9.17, 15) is 0 Å². The monoisotopic (exact) mass is 436 g/mol. The van der Waals surface area contributed by atoms with E-state index in [-0.39, 0.29) is 12.4 Å². The first-order chi connectivity index (χ1) is 13.8. The van der Waals surface area contributed by atoms with Crippen LogP contribution in [0, 0.1) is 5.92 Å². The maximum atomic E-state index is 6.78. The molecule has 0 atom stereocenters. The number of nitrogens with one attached hydrogen (secondary N) is 2. The molecule has 0 saturated heterocycles. The van der Waals surface area contributed by atoms with Gasteiger partial charge in [0.1, 0.15) is 0 Å². The molecule has 29 heavy (non-hydrogen) atoms. The molecule has 3 heterocycles. The van der Waals surface area contributed by atoms with Crippen molar-refractivity contribution in [2.45, 2.75) is 76.5 Å². The average molecular weight is 437 g/mol. The first kappa shape index (κ1) is 21.0. The molecule has 7 heteroatoms. The van der Waals surface area contributed by atoms with Crippen LogP contribution < -0.4 is 16.0 Å². The first-order valence-corrected chi connectivity index (χ1v) is 11.2. The first-order valence-electron chi connectivity index (χ1n) is 10.9. The lowest BCUT2D eigenvalue weighted by molar-refractivity contribution is -0.0481. The fraction of sp³-hybridized carbons (Fsp3) is 0.636. The maximum absolute atomic E-state index is 6.78. The molecule has 5 rings (SSSR count). The zero-order chi connectivity index (χ0) is 18.9. The van der Waals surface area contributed by atoms with Crippen molar-refractivity contribution in [1.29, 1.82) is 0 Å². The number of nitrogens with zero attached hydrogens (tertiary/aromatic N) is 2. The van der Waals surface area contributed by atoms with Crippen molar-refractivity contribution in [3.8, 4) is 0 Å². The fourth-order valence-corrected chi connectivity index (χ4v) is 5.60. The lowest BCUT2D eigenvalue weighted by atomic mass is 9.81. The SMILES string of the molecule is Cl.ClC1=CCNc2c3c([nH]c2=C1[C@H]1CC[C@@H](OC2CCCCC2)CC1)=CN=NC3. The number of halogens is 2. The highest BCUT2D eigenvalue weighted by Gasteiger charge is 2.30. The Balaban J connectivity index is 0.00000205. The molecule has 2 saturated carbocycles. The largest absolute Gasteiger partial charge is 0.379 e. The number of fused-ring (bicyclic) bond motifs is 3. The lowest BCUT2D eigenvalue weighted by Gasteiger charge is -2.33. The molecule has 0 spiro atoms. The van der Waals surface area contributed by atoms with Crippen molar-refractivity contribution in [3.05, 3.63) is 27.4 Å². The Morgan fingerprint density at radius 2 is 1.76 bits per heavy atom. The smallest absolute Gasteiger partial charge is 0.0895 e. The van der Waals surface area contributed by atoms with E-state index in [0.717, 1.165) is 53.6 Å². The van der Waals surface area contributed by atoms with E-state index in [1.807, 2.05) is 6.20 Å². The Hall–Kier alpha value is -1.30. The van der Waals surface area contributed by atoms with Crippen LogP contribution in [-0.4, -0.2) is 23.7 Å². The average Bonchev–Trinajstić information content (AvgIpc) is 3.00. The second kappa shape index (κ2) is 9.23. The lowest BCUT2D eigenvalue weighted by Crippen LogP contribution is -2.30. The number of anilines is 1. The van der Waals surface area contributed by atoms with Crippen LogP contribution in [0.25, 0.3) is 11.8 Å². The van der Waals surface area contributed by atoms with E-state index in [1.54, 1.807) is 0 Å². The molecule has 0 aromatic carbocycles. The van der Waals surface area contributed by atoms with Gasteiger partial charge in [0, 0.05) is 17.1 Å². The van der Waals surface area contributed by atoms with Crippen LogP contribution in [0.4, 0.5) is 5.69 Å². The van der Waals surface area contributed by atoms with Gasteiger partial charge in [-0.3, -0.25) is 0 Å².